The second-order valence-corrected chi connectivity index (χ2v) is 7.41. The molecule has 1 aliphatic rings. The second-order valence-electron chi connectivity index (χ2n) is 6.64. The number of halogens is 1. The lowest BCUT2D eigenvalue weighted by Crippen LogP contribution is -2.27. The molecular weight excluding hydrogens is 357 g/mol. The Bertz CT molecular complexity index is 1130. The number of rotatable bonds is 4. The molecule has 136 valence electrons. The monoisotopic (exact) mass is 375 g/mol. The van der Waals surface area contributed by atoms with Crippen LogP contribution < -0.4 is 11.1 Å². The first kappa shape index (κ1) is 17.0. The summed E-state index contributed by atoms with van der Waals surface area (Å²) in [6.07, 6.45) is 6.70. The molecule has 1 aliphatic carbocycles. The fraction of sp³-hybridized carbons (Fsp3) is 0.412. The molecule has 3 aromatic rings. The van der Waals surface area contributed by atoms with Crippen LogP contribution in [0.15, 0.2) is 33.2 Å². The Kier molecular flexibility index (Phi) is 3.98. The summed E-state index contributed by atoms with van der Waals surface area (Å²) in [6, 6.07) is 1.01. The van der Waals surface area contributed by atoms with Gasteiger partial charge in [0.2, 0.25) is 0 Å². The van der Waals surface area contributed by atoms with Crippen LogP contribution in [0.3, 0.4) is 0 Å². The molecule has 4 rings (SSSR count). The zero-order valence-electron chi connectivity index (χ0n) is 14.6. The topological polar surface area (TPSA) is 74.7 Å². The SMILES string of the molecule is CSc1ncc2c(=O)n(C3CC3)n(-c3cc(F)c(=O)n(C(C)C)c3)c2n1. The van der Waals surface area contributed by atoms with Crippen LogP contribution in [0.25, 0.3) is 16.7 Å². The molecule has 7 nitrogen and oxygen atoms in total. The maximum absolute atomic E-state index is 14.3. The van der Waals surface area contributed by atoms with E-state index >= 15 is 0 Å². The third-order valence-electron chi connectivity index (χ3n) is 4.46. The van der Waals surface area contributed by atoms with Crippen LogP contribution in [-0.4, -0.2) is 30.2 Å². The molecule has 0 N–H and O–H groups in total. The van der Waals surface area contributed by atoms with E-state index in [1.165, 1.54) is 28.6 Å². The summed E-state index contributed by atoms with van der Waals surface area (Å²) in [5.41, 5.74) is -0.0482. The van der Waals surface area contributed by atoms with Gasteiger partial charge in [0.25, 0.3) is 11.1 Å². The zero-order valence-corrected chi connectivity index (χ0v) is 15.5. The van der Waals surface area contributed by atoms with Crippen molar-refractivity contribution in [1.82, 2.24) is 23.9 Å². The molecule has 1 fully saturated rings. The van der Waals surface area contributed by atoms with Crippen LogP contribution in [0.4, 0.5) is 4.39 Å². The van der Waals surface area contributed by atoms with Crippen LogP contribution in [0.1, 0.15) is 38.8 Å². The van der Waals surface area contributed by atoms with Crippen LogP contribution >= 0.6 is 11.8 Å². The van der Waals surface area contributed by atoms with E-state index in [9.17, 15) is 14.0 Å². The maximum atomic E-state index is 14.3. The standard InChI is InChI=1S/C17H18FN5O2S/c1-9(2)21-8-11(6-13(18)16(21)25)22-14-12(7-19-17(20-14)26-3)15(24)23(22)10-4-5-10/h6-10H,4-5H2,1-3H3. The number of aromatic nitrogens is 5. The number of nitrogens with zero attached hydrogens (tertiary/aromatic N) is 5. The number of fused-ring (bicyclic) bond motifs is 1. The normalized spacial score (nSPS) is 14.5. The molecule has 1 saturated carbocycles. The van der Waals surface area contributed by atoms with Crippen molar-refractivity contribution in [3.05, 3.63) is 45.0 Å². The molecule has 0 spiro atoms. The first-order valence-electron chi connectivity index (χ1n) is 8.38. The lowest BCUT2D eigenvalue weighted by Gasteiger charge is -2.16. The molecule has 3 aromatic heterocycles. The van der Waals surface area contributed by atoms with Crippen LogP contribution in [0.5, 0.6) is 0 Å². The van der Waals surface area contributed by atoms with E-state index < -0.39 is 11.4 Å². The van der Waals surface area contributed by atoms with Crippen molar-refractivity contribution in [1.29, 1.82) is 0 Å². The molecule has 3 heterocycles. The summed E-state index contributed by atoms with van der Waals surface area (Å²) >= 11 is 1.36. The van der Waals surface area contributed by atoms with Crippen molar-refractivity contribution in [2.75, 3.05) is 6.26 Å². The number of hydrogen-bond donors (Lipinski definition) is 0. The predicted octanol–water partition coefficient (Wildman–Crippen LogP) is 2.52. The van der Waals surface area contributed by atoms with Crippen molar-refractivity contribution in [2.45, 2.75) is 43.9 Å². The molecule has 0 amide bonds. The fourth-order valence-corrected chi connectivity index (χ4v) is 3.37. The largest absolute Gasteiger partial charge is 0.308 e. The molecule has 0 atom stereocenters. The number of thioether (sulfide) groups is 1. The van der Waals surface area contributed by atoms with Gasteiger partial charge >= 0.3 is 0 Å². The Balaban J connectivity index is 2.09. The lowest BCUT2D eigenvalue weighted by molar-refractivity contribution is 0.510. The van der Waals surface area contributed by atoms with E-state index in [-0.39, 0.29) is 17.6 Å². The molecule has 26 heavy (non-hydrogen) atoms. The van der Waals surface area contributed by atoms with Gasteiger partial charge in [-0.05, 0) is 32.9 Å². The van der Waals surface area contributed by atoms with E-state index in [1.54, 1.807) is 29.4 Å². The van der Waals surface area contributed by atoms with Crippen molar-refractivity contribution in [2.24, 2.45) is 0 Å². The molecule has 9 heteroatoms. The molecule has 0 aliphatic heterocycles. The van der Waals surface area contributed by atoms with Gasteiger partial charge in [0.15, 0.2) is 16.6 Å². The fourth-order valence-electron chi connectivity index (χ4n) is 3.03. The zero-order chi connectivity index (χ0) is 18.6. The minimum Gasteiger partial charge on any atom is -0.308 e. The quantitative estimate of drug-likeness (QED) is 0.517. The number of hydrogen-bond acceptors (Lipinski definition) is 5. The summed E-state index contributed by atoms with van der Waals surface area (Å²) in [5.74, 6) is -0.855. The summed E-state index contributed by atoms with van der Waals surface area (Å²) < 4.78 is 18.9. The van der Waals surface area contributed by atoms with Crippen molar-refractivity contribution in [3.63, 3.8) is 0 Å². The Morgan fingerprint density at radius 2 is 2.00 bits per heavy atom. The van der Waals surface area contributed by atoms with E-state index in [0.29, 0.717) is 21.9 Å². The average molecular weight is 375 g/mol. The average Bonchev–Trinajstić information content (AvgIpc) is 3.41. The predicted molar refractivity (Wildman–Crippen MR) is 97.8 cm³/mol. The summed E-state index contributed by atoms with van der Waals surface area (Å²) in [4.78, 5) is 33.6. The highest BCUT2D eigenvalue weighted by Crippen LogP contribution is 2.35. The molecule has 0 aromatic carbocycles. The lowest BCUT2D eigenvalue weighted by atomic mass is 10.3. The van der Waals surface area contributed by atoms with Crippen molar-refractivity contribution >= 4 is 22.8 Å². The summed E-state index contributed by atoms with van der Waals surface area (Å²) in [7, 11) is 0. The smallest absolute Gasteiger partial charge is 0.286 e. The Morgan fingerprint density at radius 1 is 1.27 bits per heavy atom. The van der Waals surface area contributed by atoms with Crippen LogP contribution in [-0.2, 0) is 0 Å². The third kappa shape index (κ3) is 2.57. The van der Waals surface area contributed by atoms with Crippen LogP contribution in [0.2, 0.25) is 0 Å². The van der Waals surface area contributed by atoms with Crippen LogP contribution in [0, 0.1) is 5.82 Å². The minimum absolute atomic E-state index is 0.0527. The van der Waals surface area contributed by atoms with Gasteiger partial charge in [-0.2, -0.15) is 0 Å². The van der Waals surface area contributed by atoms with E-state index in [2.05, 4.69) is 9.97 Å². The first-order chi connectivity index (χ1) is 12.4. The van der Waals surface area contributed by atoms with Gasteiger partial charge in [-0.25, -0.2) is 23.7 Å². The highest BCUT2D eigenvalue weighted by Gasteiger charge is 2.31. The maximum Gasteiger partial charge on any atom is 0.286 e. The minimum atomic E-state index is -0.855. The van der Waals surface area contributed by atoms with E-state index in [1.807, 2.05) is 6.26 Å². The van der Waals surface area contributed by atoms with E-state index in [0.717, 1.165) is 12.8 Å². The Labute approximate surface area is 152 Å². The van der Waals surface area contributed by atoms with Crippen molar-refractivity contribution in [3.8, 4) is 5.69 Å². The molecular formula is C17H18FN5O2S. The molecule has 0 bridgehead atoms. The number of pyridine rings is 1. The molecule has 0 radical (unpaired) electrons. The van der Waals surface area contributed by atoms with E-state index in [4.69, 9.17) is 0 Å². The Morgan fingerprint density at radius 3 is 2.62 bits per heavy atom. The van der Waals surface area contributed by atoms with Gasteiger partial charge in [-0.15, -0.1) is 0 Å². The van der Waals surface area contributed by atoms with Gasteiger partial charge in [0.1, 0.15) is 5.39 Å². The van der Waals surface area contributed by atoms with Gasteiger partial charge in [-0.3, -0.25) is 9.59 Å². The van der Waals surface area contributed by atoms with Gasteiger partial charge < -0.3 is 4.57 Å². The highest BCUT2D eigenvalue weighted by atomic mass is 32.2. The van der Waals surface area contributed by atoms with Gasteiger partial charge in [0, 0.05) is 24.5 Å². The highest BCUT2D eigenvalue weighted by molar-refractivity contribution is 7.98. The van der Waals surface area contributed by atoms with Crippen molar-refractivity contribution < 1.29 is 4.39 Å². The molecule has 0 saturated heterocycles. The third-order valence-corrected chi connectivity index (χ3v) is 5.02. The van der Waals surface area contributed by atoms with Gasteiger partial charge in [-0.1, -0.05) is 11.8 Å². The summed E-state index contributed by atoms with van der Waals surface area (Å²) in [6.45, 7) is 3.61. The second kappa shape index (κ2) is 6.08. The Hall–Kier alpha value is -2.42. The first-order valence-corrected chi connectivity index (χ1v) is 9.61. The summed E-state index contributed by atoms with van der Waals surface area (Å²) in [5, 5.41) is 0.911. The van der Waals surface area contributed by atoms with Gasteiger partial charge in [0.05, 0.1) is 11.7 Å². The molecule has 0 unspecified atom stereocenters.